The summed E-state index contributed by atoms with van der Waals surface area (Å²) >= 11 is 0. The molecule has 0 radical (unpaired) electrons. The van der Waals surface area contributed by atoms with Gasteiger partial charge < -0.3 is 4.74 Å². The van der Waals surface area contributed by atoms with Gasteiger partial charge in [-0.15, -0.1) is 0 Å². The summed E-state index contributed by atoms with van der Waals surface area (Å²) in [6.07, 6.45) is 2.82. The zero-order chi connectivity index (χ0) is 6.69. The van der Waals surface area contributed by atoms with Crippen LogP contribution < -0.4 is 5.32 Å². The van der Waals surface area contributed by atoms with E-state index in [1.165, 1.54) is 12.8 Å². The minimum Gasteiger partial charge on any atom is -0.363 e. The molecular formula is C7H15NO. The van der Waals surface area contributed by atoms with Crippen LogP contribution in [0.1, 0.15) is 19.8 Å². The molecule has 1 fully saturated rings. The van der Waals surface area contributed by atoms with E-state index >= 15 is 0 Å². The van der Waals surface area contributed by atoms with Gasteiger partial charge in [-0.1, -0.05) is 6.92 Å². The summed E-state index contributed by atoms with van der Waals surface area (Å²) in [6, 6.07) is 0. The molecule has 1 rings (SSSR count). The molecule has 1 aliphatic heterocycles. The third kappa shape index (κ3) is 1.66. The summed E-state index contributed by atoms with van der Waals surface area (Å²) in [5, 5.41) is 3.13. The van der Waals surface area contributed by atoms with Crippen LogP contribution in [0.4, 0.5) is 0 Å². The highest BCUT2D eigenvalue weighted by molar-refractivity contribution is 4.66. The van der Waals surface area contributed by atoms with Crippen LogP contribution in [0.3, 0.4) is 0 Å². The lowest BCUT2D eigenvalue weighted by Gasteiger charge is -2.28. The highest BCUT2D eigenvalue weighted by Crippen LogP contribution is 2.17. The van der Waals surface area contributed by atoms with Gasteiger partial charge in [-0.05, 0) is 25.8 Å². The van der Waals surface area contributed by atoms with Crippen LogP contribution in [0.2, 0.25) is 0 Å². The lowest BCUT2D eigenvalue weighted by Crippen LogP contribution is -2.38. The van der Waals surface area contributed by atoms with Gasteiger partial charge in [-0.2, -0.15) is 0 Å². The van der Waals surface area contributed by atoms with Crippen LogP contribution >= 0.6 is 0 Å². The molecule has 1 aliphatic rings. The molecule has 1 heterocycles. The zero-order valence-electron chi connectivity index (χ0n) is 6.18. The van der Waals surface area contributed by atoms with Gasteiger partial charge in [0.25, 0.3) is 0 Å². The summed E-state index contributed by atoms with van der Waals surface area (Å²) in [7, 11) is 1.95. The van der Waals surface area contributed by atoms with Crippen molar-refractivity contribution >= 4 is 0 Å². The Morgan fingerprint density at radius 1 is 1.56 bits per heavy atom. The van der Waals surface area contributed by atoms with Crippen LogP contribution in [0.25, 0.3) is 0 Å². The van der Waals surface area contributed by atoms with Crippen molar-refractivity contribution in [2.45, 2.75) is 26.0 Å². The molecule has 9 heavy (non-hydrogen) atoms. The van der Waals surface area contributed by atoms with Crippen molar-refractivity contribution < 1.29 is 4.74 Å². The number of hydrogen-bond donors (Lipinski definition) is 1. The predicted octanol–water partition coefficient (Wildman–Crippen LogP) is 0.978. The molecule has 0 unspecified atom stereocenters. The molecule has 0 aliphatic carbocycles. The Kier molecular flexibility index (Phi) is 2.49. The summed E-state index contributed by atoms with van der Waals surface area (Å²) < 4.78 is 5.43. The second-order valence-electron chi connectivity index (χ2n) is 2.70. The maximum Gasteiger partial charge on any atom is 0.110 e. The summed E-state index contributed by atoms with van der Waals surface area (Å²) in [6.45, 7) is 3.15. The molecule has 0 aromatic heterocycles. The number of nitrogens with one attached hydrogen (secondary N) is 1. The Balaban J connectivity index is 2.30. The van der Waals surface area contributed by atoms with Crippen LogP contribution in [-0.4, -0.2) is 19.9 Å². The molecule has 0 aromatic rings. The van der Waals surface area contributed by atoms with Gasteiger partial charge in [0.2, 0.25) is 0 Å². The van der Waals surface area contributed by atoms with E-state index in [0.29, 0.717) is 12.1 Å². The topological polar surface area (TPSA) is 21.3 Å². The standard InChI is InChI=1S/C7H15NO/c1-6-4-3-5-9-7(6)8-2/h6-8H,3-5H2,1-2H3/t6-,7+/m0/s1. The van der Waals surface area contributed by atoms with Crippen LogP contribution in [0.5, 0.6) is 0 Å². The van der Waals surface area contributed by atoms with Gasteiger partial charge >= 0.3 is 0 Å². The molecule has 1 saturated heterocycles. The zero-order valence-corrected chi connectivity index (χ0v) is 6.18. The summed E-state index contributed by atoms with van der Waals surface area (Å²) in [5.41, 5.74) is 0. The third-order valence-electron chi connectivity index (χ3n) is 1.90. The van der Waals surface area contributed by atoms with Gasteiger partial charge in [0.15, 0.2) is 0 Å². The van der Waals surface area contributed by atoms with Crippen molar-refractivity contribution in [2.75, 3.05) is 13.7 Å². The largest absolute Gasteiger partial charge is 0.363 e. The van der Waals surface area contributed by atoms with Crippen LogP contribution in [0, 0.1) is 5.92 Å². The van der Waals surface area contributed by atoms with E-state index in [1.807, 2.05) is 7.05 Å². The first-order chi connectivity index (χ1) is 4.34. The lowest BCUT2D eigenvalue weighted by molar-refractivity contribution is -0.0360. The Morgan fingerprint density at radius 2 is 2.33 bits per heavy atom. The van der Waals surface area contributed by atoms with E-state index in [1.54, 1.807) is 0 Å². The average molecular weight is 129 g/mol. The molecule has 0 spiro atoms. The SMILES string of the molecule is CN[C@@H]1OCCC[C@@H]1C. The Morgan fingerprint density at radius 3 is 2.78 bits per heavy atom. The summed E-state index contributed by atoms with van der Waals surface area (Å²) in [4.78, 5) is 0. The normalized spacial score (nSPS) is 36.7. The molecule has 54 valence electrons. The van der Waals surface area contributed by atoms with Gasteiger partial charge in [0.1, 0.15) is 6.23 Å². The van der Waals surface area contributed by atoms with Crippen molar-refractivity contribution in [2.24, 2.45) is 5.92 Å². The molecule has 2 heteroatoms. The fourth-order valence-corrected chi connectivity index (χ4v) is 1.30. The fraction of sp³-hybridized carbons (Fsp3) is 1.00. The van der Waals surface area contributed by atoms with E-state index in [4.69, 9.17) is 4.74 Å². The van der Waals surface area contributed by atoms with Crippen molar-refractivity contribution in [1.82, 2.24) is 5.32 Å². The van der Waals surface area contributed by atoms with Crippen molar-refractivity contribution in [3.8, 4) is 0 Å². The Labute approximate surface area is 56.6 Å². The average Bonchev–Trinajstić information content (AvgIpc) is 1.89. The van der Waals surface area contributed by atoms with Gasteiger partial charge in [-0.25, -0.2) is 0 Å². The van der Waals surface area contributed by atoms with E-state index in [-0.39, 0.29) is 0 Å². The van der Waals surface area contributed by atoms with E-state index in [2.05, 4.69) is 12.2 Å². The molecule has 0 bridgehead atoms. The van der Waals surface area contributed by atoms with Crippen molar-refractivity contribution in [1.29, 1.82) is 0 Å². The van der Waals surface area contributed by atoms with Gasteiger partial charge in [-0.3, -0.25) is 5.32 Å². The molecule has 1 N–H and O–H groups in total. The predicted molar refractivity (Wildman–Crippen MR) is 37.2 cm³/mol. The lowest BCUT2D eigenvalue weighted by atomic mass is 10.0. The molecule has 0 aromatic carbocycles. The number of ether oxygens (including phenoxy) is 1. The number of rotatable bonds is 1. The summed E-state index contributed by atoms with van der Waals surface area (Å²) in [5.74, 6) is 0.684. The van der Waals surface area contributed by atoms with E-state index < -0.39 is 0 Å². The van der Waals surface area contributed by atoms with Crippen molar-refractivity contribution in [3.05, 3.63) is 0 Å². The highest BCUT2D eigenvalue weighted by atomic mass is 16.5. The first-order valence-electron chi connectivity index (χ1n) is 3.63. The smallest absolute Gasteiger partial charge is 0.110 e. The maximum atomic E-state index is 5.43. The molecule has 2 atom stereocenters. The molecule has 0 saturated carbocycles. The fourth-order valence-electron chi connectivity index (χ4n) is 1.30. The molecule has 2 nitrogen and oxygen atoms in total. The number of hydrogen-bond acceptors (Lipinski definition) is 2. The Bertz CT molecular complexity index is 85.0. The van der Waals surface area contributed by atoms with E-state index in [0.717, 1.165) is 6.61 Å². The minimum absolute atomic E-state index is 0.304. The van der Waals surface area contributed by atoms with Crippen molar-refractivity contribution in [3.63, 3.8) is 0 Å². The molecule has 0 amide bonds. The van der Waals surface area contributed by atoms with E-state index in [9.17, 15) is 0 Å². The van der Waals surface area contributed by atoms with Crippen LogP contribution in [-0.2, 0) is 4.74 Å². The second-order valence-corrected chi connectivity index (χ2v) is 2.70. The first-order valence-corrected chi connectivity index (χ1v) is 3.63. The van der Waals surface area contributed by atoms with Gasteiger partial charge in [0.05, 0.1) is 0 Å². The Hall–Kier alpha value is -0.0800. The quantitative estimate of drug-likeness (QED) is 0.570. The third-order valence-corrected chi connectivity index (χ3v) is 1.90. The maximum absolute atomic E-state index is 5.43. The minimum atomic E-state index is 0.304. The van der Waals surface area contributed by atoms with Crippen LogP contribution in [0.15, 0.2) is 0 Å². The second kappa shape index (κ2) is 3.18. The van der Waals surface area contributed by atoms with Gasteiger partial charge in [0, 0.05) is 6.61 Å². The highest BCUT2D eigenvalue weighted by Gasteiger charge is 2.19. The molecular weight excluding hydrogens is 114 g/mol. The first kappa shape index (κ1) is 7.03. The monoisotopic (exact) mass is 129 g/mol.